The van der Waals surface area contributed by atoms with Crippen LogP contribution < -0.4 is 5.32 Å². The number of thiazole rings is 1. The van der Waals surface area contributed by atoms with Gasteiger partial charge in [-0.2, -0.15) is 0 Å². The van der Waals surface area contributed by atoms with Gasteiger partial charge in [0.1, 0.15) is 11.4 Å². The molecule has 0 aliphatic carbocycles. The molecule has 0 fully saturated rings. The van der Waals surface area contributed by atoms with Gasteiger partial charge in [0, 0.05) is 12.5 Å². The molecule has 0 aliphatic rings. The van der Waals surface area contributed by atoms with Crippen molar-refractivity contribution in [1.82, 2.24) is 4.98 Å². The number of hydrogen-bond donors (Lipinski definition) is 1. The number of nitro benzene ring substituents is 1. The third kappa shape index (κ3) is 2.73. The first-order valence-electron chi connectivity index (χ1n) is 6.44. The molecule has 0 saturated heterocycles. The summed E-state index contributed by atoms with van der Waals surface area (Å²) >= 11 is 1.39. The molecule has 3 aromatic rings. The van der Waals surface area contributed by atoms with Crippen LogP contribution in [0.5, 0.6) is 0 Å². The summed E-state index contributed by atoms with van der Waals surface area (Å²) in [5.74, 6) is 0.840. The second-order valence-corrected chi connectivity index (χ2v) is 5.63. The van der Waals surface area contributed by atoms with Crippen LogP contribution >= 0.6 is 11.3 Å². The van der Waals surface area contributed by atoms with E-state index >= 15 is 0 Å². The van der Waals surface area contributed by atoms with Crippen LogP contribution in [0.2, 0.25) is 0 Å². The number of nitro groups is 1. The Morgan fingerprint density at radius 1 is 1.48 bits per heavy atom. The largest absolute Gasteiger partial charge is 0.469 e. The van der Waals surface area contributed by atoms with Gasteiger partial charge in [-0.05, 0) is 31.2 Å². The van der Waals surface area contributed by atoms with Gasteiger partial charge in [0.25, 0.3) is 0 Å². The van der Waals surface area contributed by atoms with E-state index in [-0.39, 0.29) is 16.7 Å². The summed E-state index contributed by atoms with van der Waals surface area (Å²) in [6.07, 6.45) is 2.27. The molecule has 1 atom stereocenters. The number of fused-ring (bicyclic) bond motifs is 1. The van der Waals surface area contributed by atoms with Crippen molar-refractivity contribution in [2.45, 2.75) is 19.4 Å². The van der Waals surface area contributed by atoms with Gasteiger partial charge in [-0.1, -0.05) is 0 Å². The molecule has 6 nitrogen and oxygen atoms in total. The van der Waals surface area contributed by atoms with Crippen LogP contribution in [-0.2, 0) is 6.42 Å². The Bertz CT molecular complexity index is 767. The fourth-order valence-corrected chi connectivity index (χ4v) is 2.94. The van der Waals surface area contributed by atoms with Crippen molar-refractivity contribution in [3.63, 3.8) is 0 Å². The summed E-state index contributed by atoms with van der Waals surface area (Å²) in [5, 5.41) is 14.5. The van der Waals surface area contributed by atoms with Gasteiger partial charge in [0.2, 0.25) is 0 Å². The molecule has 0 bridgehead atoms. The molecule has 108 valence electrons. The lowest BCUT2D eigenvalue weighted by Gasteiger charge is -2.14. The molecule has 0 spiro atoms. The summed E-state index contributed by atoms with van der Waals surface area (Å²) in [4.78, 5) is 15.1. The molecule has 2 heterocycles. The molecular formula is C14H13N3O3S. The van der Waals surface area contributed by atoms with Gasteiger partial charge < -0.3 is 9.73 Å². The third-order valence-corrected chi connectivity index (χ3v) is 3.94. The number of furan rings is 1. The molecule has 7 heteroatoms. The highest BCUT2D eigenvalue weighted by atomic mass is 32.1. The Morgan fingerprint density at radius 3 is 3.05 bits per heavy atom. The molecule has 1 unspecified atom stereocenters. The summed E-state index contributed by atoms with van der Waals surface area (Å²) in [6, 6.07) is 7.30. The highest BCUT2D eigenvalue weighted by molar-refractivity contribution is 7.16. The zero-order chi connectivity index (χ0) is 14.8. The van der Waals surface area contributed by atoms with Crippen LogP contribution in [0, 0.1) is 10.1 Å². The topological polar surface area (TPSA) is 81.2 Å². The highest BCUT2D eigenvalue weighted by Gasteiger charge is 2.21. The van der Waals surface area contributed by atoms with Gasteiger partial charge in [-0.25, -0.2) is 4.98 Å². The second kappa shape index (κ2) is 5.53. The summed E-state index contributed by atoms with van der Waals surface area (Å²) in [6.45, 7) is 1.96. The quantitative estimate of drug-likeness (QED) is 0.572. The van der Waals surface area contributed by atoms with Gasteiger partial charge >= 0.3 is 5.69 Å². The Kier molecular flexibility index (Phi) is 3.57. The van der Waals surface area contributed by atoms with E-state index < -0.39 is 0 Å². The number of anilines is 1. The smallest absolute Gasteiger partial charge is 0.319 e. The van der Waals surface area contributed by atoms with E-state index in [1.54, 1.807) is 17.8 Å². The first-order valence-corrected chi connectivity index (χ1v) is 7.32. The summed E-state index contributed by atoms with van der Waals surface area (Å²) in [5.41, 5.74) is 2.56. The average Bonchev–Trinajstić information content (AvgIpc) is 3.08. The predicted octanol–water partition coefficient (Wildman–Crippen LogP) is 3.84. The lowest BCUT2D eigenvalue weighted by Crippen LogP contribution is -2.18. The second-order valence-electron chi connectivity index (χ2n) is 4.75. The van der Waals surface area contributed by atoms with Crippen molar-refractivity contribution in [2.24, 2.45) is 0 Å². The maximum Gasteiger partial charge on any atom is 0.319 e. The minimum Gasteiger partial charge on any atom is -0.469 e. The molecule has 0 radical (unpaired) electrons. The van der Waals surface area contributed by atoms with E-state index in [1.807, 2.05) is 25.1 Å². The average molecular weight is 303 g/mol. The molecule has 1 aromatic carbocycles. The maximum atomic E-state index is 11.3. The lowest BCUT2D eigenvalue weighted by molar-refractivity contribution is -0.382. The molecular weight excluding hydrogens is 290 g/mol. The van der Waals surface area contributed by atoms with Crippen LogP contribution in [0.15, 0.2) is 40.5 Å². The van der Waals surface area contributed by atoms with Crippen LogP contribution in [-0.4, -0.2) is 15.9 Å². The van der Waals surface area contributed by atoms with Gasteiger partial charge in [0.05, 0.1) is 21.4 Å². The SMILES string of the molecule is CC(Cc1ccco1)Nc1ccc2scnc2c1[N+](=O)[O-]. The number of nitrogens with zero attached hydrogens (tertiary/aromatic N) is 2. The Hall–Kier alpha value is -2.41. The Balaban J connectivity index is 1.89. The van der Waals surface area contributed by atoms with Crippen molar-refractivity contribution in [2.75, 3.05) is 5.32 Å². The monoisotopic (exact) mass is 303 g/mol. The first-order chi connectivity index (χ1) is 10.1. The van der Waals surface area contributed by atoms with Crippen molar-refractivity contribution in [3.05, 3.63) is 51.9 Å². The molecule has 1 N–H and O–H groups in total. The fourth-order valence-electron chi connectivity index (χ4n) is 2.27. The minimum atomic E-state index is -0.385. The van der Waals surface area contributed by atoms with Gasteiger partial charge in [-0.3, -0.25) is 10.1 Å². The molecule has 0 aliphatic heterocycles. The maximum absolute atomic E-state index is 11.3. The first kappa shape index (κ1) is 13.6. The molecule has 0 amide bonds. The standard InChI is InChI=1S/C14H13N3O3S/c1-9(7-10-3-2-6-20-10)16-11-4-5-12-13(15-8-21-12)14(11)17(18)19/h2-6,8-9,16H,7H2,1H3. The highest BCUT2D eigenvalue weighted by Crippen LogP contribution is 2.34. The van der Waals surface area contributed by atoms with E-state index in [4.69, 9.17) is 4.42 Å². The molecule has 21 heavy (non-hydrogen) atoms. The van der Waals surface area contributed by atoms with E-state index in [0.717, 1.165) is 10.5 Å². The van der Waals surface area contributed by atoms with Crippen LogP contribution in [0.4, 0.5) is 11.4 Å². The van der Waals surface area contributed by atoms with Gasteiger partial charge in [-0.15, -0.1) is 11.3 Å². The summed E-state index contributed by atoms with van der Waals surface area (Å²) in [7, 11) is 0. The molecule has 2 aromatic heterocycles. The Labute approximate surface area is 124 Å². The number of nitrogens with one attached hydrogen (secondary N) is 1. The van der Waals surface area contributed by atoms with Crippen LogP contribution in [0.25, 0.3) is 10.2 Å². The van der Waals surface area contributed by atoms with E-state index in [1.165, 1.54) is 11.3 Å². The number of rotatable bonds is 5. The molecule has 3 rings (SSSR count). The Morgan fingerprint density at radius 2 is 2.33 bits per heavy atom. The van der Waals surface area contributed by atoms with Crippen LogP contribution in [0.3, 0.4) is 0 Å². The van der Waals surface area contributed by atoms with Crippen LogP contribution in [0.1, 0.15) is 12.7 Å². The van der Waals surface area contributed by atoms with E-state index in [0.29, 0.717) is 17.6 Å². The lowest BCUT2D eigenvalue weighted by atomic mass is 10.1. The van der Waals surface area contributed by atoms with Crippen molar-refractivity contribution < 1.29 is 9.34 Å². The number of aromatic nitrogens is 1. The zero-order valence-corrected chi connectivity index (χ0v) is 12.1. The third-order valence-electron chi connectivity index (χ3n) is 3.15. The summed E-state index contributed by atoms with van der Waals surface area (Å²) < 4.78 is 6.10. The van der Waals surface area contributed by atoms with Crippen molar-refractivity contribution in [3.8, 4) is 0 Å². The van der Waals surface area contributed by atoms with Gasteiger partial charge in [0.15, 0.2) is 5.52 Å². The van der Waals surface area contributed by atoms with E-state index in [2.05, 4.69) is 10.3 Å². The predicted molar refractivity (Wildman–Crippen MR) is 81.8 cm³/mol. The van der Waals surface area contributed by atoms with Crippen molar-refractivity contribution in [1.29, 1.82) is 0 Å². The van der Waals surface area contributed by atoms with Crippen molar-refractivity contribution >= 4 is 32.9 Å². The number of benzene rings is 1. The number of hydrogen-bond acceptors (Lipinski definition) is 6. The van der Waals surface area contributed by atoms with E-state index in [9.17, 15) is 10.1 Å². The fraction of sp³-hybridized carbons (Fsp3) is 0.214. The normalized spacial score (nSPS) is 12.4. The molecule has 0 saturated carbocycles. The minimum absolute atomic E-state index is 0.00550. The zero-order valence-electron chi connectivity index (χ0n) is 11.3.